The third-order valence-electron chi connectivity index (χ3n) is 7.61. The summed E-state index contributed by atoms with van der Waals surface area (Å²) in [4.78, 5) is 6.46. The van der Waals surface area contributed by atoms with Gasteiger partial charge in [-0.25, -0.2) is 0 Å². The first-order valence-electron chi connectivity index (χ1n) is 10.8. The van der Waals surface area contributed by atoms with Crippen molar-refractivity contribution in [2.45, 2.75) is 37.5 Å². The van der Waals surface area contributed by atoms with Gasteiger partial charge in [-0.1, -0.05) is 30.3 Å². The van der Waals surface area contributed by atoms with Gasteiger partial charge in [0.05, 0.1) is 0 Å². The molecule has 1 aromatic heterocycles. The Bertz CT molecular complexity index is 1030. The highest BCUT2D eigenvalue weighted by atomic mass is 16.3. The first-order valence-corrected chi connectivity index (χ1v) is 10.8. The summed E-state index contributed by atoms with van der Waals surface area (Å²) in [5, 5.41) is 11.6. The highest BCUT2D eigenvalue weighted by molar-refractivity contribution is 5.85. The number of aromatic hydroxyl groups is 1. The summed E-state index contributed by atoms with van der Waals surface area (Å²) >= 11 is 0. The smallest absolute Gasteiger partial charge is 0.115 e. The molecule has 144 valence electrons. The Hall–Kier alpha value is -2.26. The first-order chi connectivity index (χ1) is 13.7. The third-order valence-corrected chi connectivity index (χ3v) is 7.61. The number of nitrogens with zero attached hydrogens (tertiary/aromatic N) is 1. The molecule has 3 nitrogen and oxygen atoms in total. The van der Waals surface area contributed by atoms with Crippen LogP contribution < -0.4 is 0 Å². The van der Waals surface area contributed by atoms with Crippen molar-refractivity contribution in [1.82, 2.24) is 9.88 Å². The lowest BCUT2D eigenvalue weighted by atomic mass is 9.58. The zero-order valence-electron chi connectivity index (χ0n) is 16.3. The lowest BCUT2D eigenvalue weighted by Crippen LogP contribution is -2.54. The second kappa shape index (κ2) is 6.12. The minimum absolute atomic E-state index is 0.132. The fourth-order valence-corrected chi connectivity index (χ4v) is 5.96. The largest absolute Gasteiger partial charge is 0.508 e. The zero-order chi connectivity index (χ0) is 18.7. The highest BCUT2D eigenvalue weighted by Crippen LogP contribution is 2.50. The van der Waals surface area contributed by atoms with Gasteiger partial charge in [0, 0.05) is 35.1 Å². The quantitative estimate of drug-likeness (QED) is 0.703. The Balaban J connectivity index is 1.44. The topological polar surface area (TPSA) is 39.3 Å². The molecule has 2 aromatic carbocycles. The molecule has 1 saturated heterocycles. The van der Waals surface area contributed by atoms with E-state index in [0.717, 1.165) is 18.8 Å². The molecule has 0 radical (unpaired) electrons. The van der Waals surface area contributed by atoms with Crippen LogP contribution >= 0.6 is 0 Å². The van der Waals surface area contributed by atoms with E-state index >= 15 is 0 Å². The average Bonchev–Trinajstić information content (AvgIpc) is 3.45. The maximum atomic E-state index is 10.2. The highest BCUT2D eigenvalue weighted by Gasteiger charge is 2.48. The van der Waals surface area contributed by atoms with E-state index in [1.807, 2.05) is 12.1 Å². The van der Waals surface area contributed by atoms with Gasteiger partial charge in [-0.05, 0) is 79.8 Å². The predicted octanol–water partition coefficient (Wildman–Crippen LogP) is 4.64. The normalized spacial score (nSPS) is 27.5. The molecule has 3 aliphatic rings. The molecule has 2 atom stereocenters. The number of phenolic OH excluding ortho intramolecular Hbond substituents is 1. The Kier molecular flexibility index (Phi) is 3.64. The molecule has 2 N–H and O–H groups in total. The van der Waals surface area contributed by atoms with Crippen molar-refractivity contribution in [3.8, 4) is 5.75 Å². The number of para-hydroxylation sites is 1. The Morgan fingerprint density at radius 2 is 2.00 bits per heavy atom. The monoisotopic (exact) mass is 372 g/mol. The van der Waals surface area contributed by atoms with Crippen LogP contribution in [0.1, 0.15) is 36.1 Å². The van der Waals surface area contributed by atoms with E-state index in [-0.39, 0.29) is 5.41 Å². The van der Waals surface area contributed by atoms with E-state index in [0.29, 0.717) is 11.7 Å². The van der Waals surface area contributed by atoms with Crippen LogP contribution in [0.3, 0.4) is 0 Å². The molecule has 3 aromatic rings. The lowest BCUT2D eigenvalue weighted by molar-refractivity contribution is 0.0783. The fourth-order valence-electron chi connectivity index (χ4n) is 5.96. The Morgan fingerprint density at radius 1 is 1.11 bits per heavy atom. The van der Waals surface area contributed by atoms with Crippen LogP contribution in [0, 0.1) is 11.8 Å². The molecule has 6 rings (SSSR count). The molecule has 3 heteroatoms. The SMILES string of the molecule is Oc1cccc([C@]23CCN(CC4CC4)C[C@@H]2Cc2c([nH]c4ccccc24)C3)c1. The summed E-state index contributed by atoms with van der Waals surface area (Å²) in [6.07, 6.45) is 6.22. The molecule has 1 aliphatic heterocycles. The van der Waals surface area contributed by atoms with E-state index < -0.39 is 0 Å². The number of benzene rings is 2. The molecule has 2 fully saturated rings. The van der Waals surface area contributed by atoms with E-state index in [1.165, 1.54) is 66.6 Å². The molecule has 1 saturated carbocycles. The van der Waals surface area contributed by atoms with Crippen LogP contribution in [-0.2, 0) is 18.3 Å². The van der Waals surface area contributed by atoms with Crippen molar-refractivity contribution in [2.24, 2.45) is 11.8 Å². The lowest BCUT2D eigenvalue weighted by Gasteiger charge is -2.51. The van der Waals surface area contributed by atoms with Gasteiger partial charge in [-0.15, -0.1) is 0 Å². The number of fused-ring (bicyclic) bond motifs is 4. The van der Waals surface area contributed by atoms with E-state index in [1.54, 1.807) is 6.07 Å². The second-order valence-electron chi connectivity index (χ2n) is 9.36. The predicted molar refractivity (Wildman–Crippen MR) is 113 cm³/mol. The third kappa shape index (κ3) is 2.60. The van der Waals surface area contributed by atoms with E-state index in [4.69, 9.17) is 0 Å². The van der Waals surface area contributed by atoms with Crippen LogP contribution in [0.15, 0.2) is 48.5 Å². The Morgan fingerprint density at radius 3 is 2.86 bits per heavy atom. The van der Waals surface area contributed by atoms with Gasteiger partial charge in [0.25, 0.3) is 0 Å². The molecular weight excluding hydrogens is 344 g/mol. The minimum Gasteiger partial charge on any atom is -0.508 e. The molecule has 2 heterocycles. The number of aromatic amines is 1. The number of nitrogens with one attached hydrogen (secondary N) is 1. The van der Waals surface area contributed by atoms with Gasteiger partial charge in [-0.3, -0.25) is 0 Å². The van der Waals surface area contributed by atoms with Crippen molar-refractivity contribution >= 4 is 10.9 Å². The van der Waals surface area contributed by atoms with Crippen LogP contribution in [0.2, 0.25) is 0 Å². The van der Waals surface area contributed by atoms with Gasteiger partial charge in [0.2, 0.25) is 0 Å². The van der Waals surface area contributed by atoms with Crippen LogP contribution in [0.5, 0.6) is 5.75 Å². The number of hydrogen-bond donors (Lipinski definition) is 2. The second-order valence-corrected chi connectivity index (χ2v) is 9.36. The molecule has 0 spiro atoms. The number of phenols is 1. The van der Waals surface area contributed by atoms with Gasteiger partial charge in [0.1, 0.15) is 5.75 Å². The van der Waals surface area contributed by atoms with Crippen molar-refractivity contribution in [3.63, 3.8) is 0 Å². The van der Waals surface area contributed by atoms with Gasteiger partial charge < -0.3 is 15.0 Å². The molecule has 0 unspecified atom stereocenters. The maximum absolute atomic E-state index is 10.2. The van der Waals surface area contributed by atoms with Crippen molar-refractivity contribution in [2.75, 3.05) is 19.6 Å². The van der Waals surface area contributed by atoms with E-state index in [9.17, 15) is 5.11 Å². The van der Waals surface area contributed by atoms with Gasteiger partial charge in [0.15, 0.2) is 0 Å². The number of H-pyrrole nitrogens is 1. The number of hydrogen-bond acceptors (Lipinski definition) is 2. The summed E-state index contributed by atoms with van der Waals surface area (Å²) in [6.45, 7) is 3.65. The zero-order valence-corrected chi connectivity index (χ0v) is 16.3. The molecule has 2 aliphatic carbocycles. The molecule has 28 heavy (non-hydrogen) atoms. The Labute approximate surface area is 166 Å². The number of piperidine rings is 1. The van der Waals surface area contributed by atoms with Crippen molar-refractivity contribution < 1.29 is 5.11 Å². The fraction of sp³-hybridized carbons (Fsp3) is 0.440. The van der Waals surface area contributed by atoms with Crippen molar-refractivity contribution in [3.05, 3.63) is 65.4 Å². The summed E-state index contributed by atoms with van der Waals surface area (Å²) in [5.41, 5.74) is 5.67. The van der Waals surface area contributed by atoms with Gasteiger partial charge in [-0.2, -0.15) is 0 Å². The minimum atomic E-state index is 0.132. The van der Waals surface area contributed by atoms with Crippen molar-refractivity contribution in [1.29, 1.82) is 0 Å². The van der Waals surface area contributed by atoms with Gasteiger partial charge >= 0.3 is 0 Å². The van der Waals surface area contributed by atoms with Crippen LogP contribution in [0.25, 0.3) is 10.9 Å². The molecular formula is C25H28N2O. The number of rotatable bonds is 3. The molecule has 0 bridgehead atoms. The first kappa shape index (κ1) is 16.7. The molecule has 0 amide bonds. The standard InChI is InChI=1S/C25H28N2O/c28-20-5-3-4-18(12-20)25-10-11-27(15-17-8-9-17)16-19(25)13-22-21-6-1-2-7-23(21)26-24(22)14-25/h1-7,12,17,19,26,28H,8-11,13-16H2/t19-,25+/m0/s1. The number of likely N-dealkylation sites (tertiary alicyclic amines) is 1. The summed E-state index contributed by atoms with van der Waals surface area (Å²) in [7, 11) is 0. The average molecular weight is 373 g/mol. The van der Waals surface area contributed by atoms with Crippen LogP contribution in [-0.4, -0.2) is 34.6 Å². The van der Waals surface area contributed by atoms with E-state index in [2.05, 4.69) is 40.2 Å². The summed E-state index contributed by atoms with van der Waals surface area (Å²) in [6, 6.07) is 16.9. The maximum Gasteiger partial charge on any atom is 0.115 e. The summed E-state index contributed by atoms with van der Waals surface area (Å²) < 4.78 is 0. The number of aromatic nitrogens is 1. The van der Waals surface area contributed by atoms with Crippen LogP contribution in [0.4, 0.5) is 0 Å². The summed E-state index contributed by atoms with van der Waals surface area (Å²) in [5.74, 6) is 1.95.